The minimum Gasteiger partial charge on any atom is -0.354 e. The number of sulfonamides is 1. The summed E-state index contributed by atoms with van der Waals surface area (Å²) in [4.78, 5) is 36.0. The number of hydrogen-bond donors (Lipinski definition) is 3. The van der Waals surface area contributed by atoms with Crippen LogP contribution in [-0.4, -0.2) is 50.1 Å². The van der Waals surface area contributed by atoms with Crippen LogP contribution in [0, 0.1) is 5.92 Å². The summed E-state index contributed by atoms with van der Waals surface area (Å²) in [5.74, 6) is -0.505. The predicted octanol–water partition coefficient (Wildman–Crippen LogP) is 1.72. The second-order valence-electron chi connectivity index (χ2n) is 8.24. The first kappa shape index (κ1) is 24.4. The highest BCUT2D eigenvalue weighted by molar-refractivity contribution is 7.89. The molecule has 3 amide bonds. The maximum absolute atomic E-state index is 12.7. The van der Waals surface area contributed by atoms with Crippen molar-refractivity contribution in [3.05, 3.63) is 59.7 Å². The molecule has 1 saturated heterocycles. The first-order valence-electron chi connectivity index (χ1n) is 10.7. The van der Waals surface area contributed by atoms with Crippen LogP contribution < -0.4 is 16.0 Å². The van der Waals surface area contributed by atoms with Crippen molar-refractivity contribution >= 4 is 33.4 Å². The maximum Gasteiger partial charge on any atom is 0.251 e. The van der Waals surface area contributed by atoms with Gasteiger partial charge in [-0.05, 0) is 47.9 Å². The smallest absolute Gasteiger partial charge is 0.251 e. The number of nitrogens with zero attached hydrogens (tertiary/aromatic N) is 1. The van der Waals surface area contributed by atoms with E-state index in [4.69, 9.17) is 0 Å². The number of hydrogen-bond acceptors (Lipinski definition) is 5. The van der Waals surface area contributed by atoms with Gasteiger partial charge < -0.3 is 16.0 Å². The van der Waals surface area contributed by atoms with E-state index >= 15 is 0 Å². The van der Waals surface area contributed by atoms with Gasteiger partial charge in [0.1, 0.15) is 0 Å². The fraction of sp³-hybridized carbons (Fsp3) is 0.348. The molecule has 0 radical (unpaired) electrons. The highest BCUT2D eigenvalue weighted by Crippen LogP contribution is 2.18. The molecule has 0 aliphatic carbocycles. The van der Waals surface area contributed by atoms with Gasteiger partial charge in [-0.1, -0.05) is 26.0 Å². The van der Waals surface area contributed by atoms with Gasteiger partial charge in [0.15, 0.2) is 0 Å². The van der Waals surface area contributed by atoms with E-state index < -0.39 is 10.0 Å². The molecule has 2 aromatic carbocycles. The highest BCUT2D eigenvalue weighted by atomic mass is 32.2. The number of carbonyl (C=O) groups is 3. The molecule has 0 aromatic heterocycles. The summed E-state index contributed by atoms with van der Waals surface area (Å²) in [5, 5.41) is 8.22. The Morgan fingerprint density at radius 3 is 2.52 bits per heavy atom. The van der Waals surface area contributed by atoms with Crippen LogP contribution in [0.3, 0.4) is 0 Å². The zero-order valence-corrected chi connectivity index (χ0v) is 19.4. The van der Waals surface area contributed by atoms with Gasteiger partial charge in [-0.15, -0.1) is 0 Å². The lowest BCUT2D eigenvalue weighted by molar-refractivity contribution is -0.122. The molecule has 3 N–H and O–H groups in total. The van der Waals surface area contributed by atoms with E-state index in [1.165, 1.54) is 24.3 Å². The summed E-state index contributed by atoms with van der Waals surface area (Å²) in [6.07, 6.45) is 0.428. The molecule has 0 spiro atoms. The summed E-state index contributed by atoms with van der Waals surface area (Å²) < 4.78 is 26.5. The quantitative estimate of drug-likeness (QED) is 0.540. The molecule has 0 unspecified atom stereocenters. The molecule has 1 aliphatic rings. The van der Waals surface area contributed by atoms with Crippen LogP contribution in [0.5, 0.6) is 0 Å². The van der Waals surface area contributed by atoms with Crippen molar-refractivity contribution in [3.63, 3.8) is 0 Å². The molecular weight excluding hydrogens is 444 g/mol. The van der Waals surface area contributed by atoms with Gasteiger partial charge in [-0.3, -0.25) is 14.4 Å². The third-order valence-electron chi connectivity index (χ3n) is 5.02. The fourth-order valence-corrected chi connectivity index (χ4v) is 4.77. The average Bonchev–Trinajstić information content (AvgIpc) is 2.77. The van der Waals surface area contributed by atoms with Crippen molar-refractivity contribution in [2.45, 2.75) is 31.7 Å². The topological polar surface area (TPSA) is 125 Å². The van der Waals surface area contributed by atoms with Crippen LogP contribution in [0.2, 0.25) is 0 Å². The second-order valence-corrected chi connectivity index (χ2v) is 10.2. The molecule has 176 valence electrons. The van der Waals surface area contributed by atoms with Crippen LogP contribution in [0.1, 0.15) is 36.2 Å². The Morgan fingerprint density at radius 1 is 1.12 bits per heavy atom. The van der Waals surface area contributed by atoms with E-state index in [2.05, 4.69) is 16.0 Å². The van der Waals surface area contributed by atoms with Gasteiger partial charge in [-0.25, -0.2) is 8.42 Å². The normalized spacial score (nSPS) is 14.6. The number of carbonyl (C=O) groups excluding carboxylic acids is 3. The number of benzene rings is 2. The first-order valence-corrected chi connectivity index (χ1v) is 12.1. The van der Waals surface area contributed by atoms with Crippen molar-refractivity contribution in [2.75, 3.05) is 25.0 Å². The highest BCUT2D eigenvalue weighted by Gasteiger charge is 2.29. The Labute approximate surface area is 193 Å². The summed E-state index contributed by atoms with van der Waals surface area (Å²) in [7, 11) is -3.81. The number of rotatable bonds is 8. The van der Waals surface area contributed by atoms with Gasteiger partial charge in [0, 0.05) is 37.3 Å². The van der Waals surface area contributed by atoms with E-state index in [-0.39, 0.29) is 54.7 Å². The fourth-order valence-electron chi connectivity index (χ4n) is 3.37. The predicted molar refractivity (Wildman–Crippen MR) is 124 cm³/mol. The lowest BCUT2D eigenvalue weighted by Gasteiger charge is -2.25. The minimum absolute atomic E-state index is 0.0265. The Bertz CT molecular complexity index is 1130. The number of amides is 3. The van der Waals surface area contributed by atoms with Crippen LogP contribution in [-0.2, 0) is 26.2 Å². The van der Waals surface area contributed by atoms with E-state index in [1.54, 1.807) is 18.2 Å². The average molecular weight is 473 g/mol. The van der Waals surface area contributed by atoms with Crippen molar-refractivity contribution in [2.24, 2.45) is 5.92 Å². The molecule has 1 aliphatic heterocycles. The zero-order chi connectivity index (χ0) is 24.0. The van der Waals surface area contributed by atoms with Gasteiger partial charge in [0.2, 0.25) is 21.8 Å². The van der Waals surface area contributed by atoms with Crippen LogP contribution in [0.15, 0.2) is 53.4 Å². The Balaban J connectivity index is 1.59. The van der Waals surface area contributed by atoms with E-state index in [1.807, 2.05) is 19.9 Å². The minimum atomic E-state index is -3.81. The van der Waals surface area contributed by atoms with Gasteiger partial charge in [0.25, 0.3) is 5.91 Å². The Morgan fingerprint density at radius 2 is 1.85 bits per heavy atom. The maximum atomic E-state index is 12.7. The Kier molecular flexibility index (Phi) is 7.83. The molecular formula is C23H28N4O5S. The SMILES string of the molecule is CC(C)CC(=O)Nc1cccc(CNC(=O)c2ccc(S(=O)(=O)N3CCNC(=O)C3)cc2)c1. The number of piperazine rings is 1. The molecule has 0 bridgehead atoms. The largest absolute Gasteiger partial charge is 0.354 e. The monoisotopic (exact) mass is 472 g/mol. The van der Waals surface area contributed by atoms with E-state index in [0.29, 0.717) is 17.7 Å². The van der Waals surface area contributed by atoms with Gasteiger partial charge >= 0.3 is 0 Å². The zero-order valence-electron chi connectivity index (χ0n) is 18.6. The summed E-state index contributed by atoms with van der Waals surface area (Å²) in [6, 6.07) is 12.8. The number of anilines is 1. The van der Waals surface area contributed by atoms with Crippen molar-refractivity contribution in [1.82, 2.24) is 14.9 Å². The molecule has 2 aromatic rings. The summed E-state index contributed by atoms with van der Waals surface area (Å²) in [5.41, 5.74) is 1.79. The molecule has 10 heteroatoms. The number of nitrogens with one attached hydrogen (secondary N) is 3. The molecule has 0 atom stereocenters. The Hall–Kier alpha value is -3.24. The molecule has 0 saturated carbocycles. The van der Waals surface area contributed by atoms with Crippen LogP contribution in [0.4, 0.5) is 5.69 Å². The molecule has 3 rings (SSSR count). The van der Waals surface area contributed by atoms with Crippen molar-refractivity contribution < 1.29 is 22.8 Å². The molecule has 33 heavy (non-hydrogen) atoms. The van der Waals surface area contributed by atoms with Crippen molar-refractivity contribution in [3.8, 4) is 0 Å². The second kappa shape index (κ2) is 10.6. The molecule has 1 fully saturated rings. The van der Waals surface area contributed by atoms with E-state index in [0.717, 1.165) is 9.87 Å². The van der Waals surface area contributed by atoms with E-state index in [9.17, 15) is 22.8 Å². The van der Waals surface area contributed by atoms with Crippen molar-refractivity contribution in [1.29, 1.82) is 0 Å². The van der Waals surface area contributed by atoms with Crippen LogP contribution >= 0.6 is 0 Å². The standard InChI is InChI=1S/C23H28N4O5S/c1-16(2)12-21(28)26-19-5-3-4-17(13-19)14-25-23(30)18-6-8-20(9-7-18)33(31,32)27-11-10-24-22(29)15-27/h3-9,13,16H,10-12,14-15H2,1-2H3,(H,24,29)(H,25,30)(H,26,28). The van der Waals surface area contributed by atoms with Crippen LogP contribution in [0.25, 0.3) is 0 Å². The third-order valence-corrected chi connectivity index (χ3v) is 6.87. The summed E-state index contributed by atoms with van der Waals surface area (Å²) >= 11 is 0. The third kappa shape index (κ3) is 6.62. The van der Waals surface area contributed by atoms with Gasteiger partial charge in [-0.2, -0.15) is 4.31 Å². The van der Waals surface area contributed by atoms with Gasteiger partial charge in [0.05, 0.1) is 11.4 Å². The summed E-state index contributed by atoms with van der Waals surface area (Å²) in [6.45, 7) is 4.44. The lowest BCUT2D eigenvalue weighted by atomic mass is 10.1. The lowest BCUT2D eigenvalue weighted by Crippen LogP contribution is -2.49. The molecule has 9 nitrogen and oxygen atoms in total. The molecule has 1 heterocycles. The first-order chi connectivity index (χ1) is 15.6.